The van der Waals surface area contributed by atoms with Gasteiger partial charge in [0.05, 0.1) is 12.1 Å². The highest BCUT2D eigenvalue weighted by molar-refractivity contribution is 9.10. The largest absolute Gasteiger partial charge is 0.377 e. The van der Waals surface area contributed by atoms with Crippen molar-refractivity contribution in [2.45, 2.75) is 32.8 Å². The van der Waals surface area contributed by atoms with E-state index in [0.717, 1.165) is 45.1 Å². The predicted molar refractivity (Wildman–Crippen MR) is 128 cm³/mol. The van der Waals surface area contributed by atoms with E-state index in [1.54, 1.807) is 10.7 Å². The predicted octanol–water partition coefficient (Wildman–Crippen LogP) is 7.52. The monoisotopic (exact) mass is 480 g/mol. The smallest absolute Gasteiger partial charge is 0.133 e. The molecule has 1 heterocycles. The summed E-state index contributed by atoms with van der Waals surface area (Å²) in [5.41, 5.74) is 5.02. The van der Waals surface area contributed by atoms with Crippen molar-refractivity contribution in [3.05, 3.63) is 76.5 Å². The molecule has 0 radical (unpaired) electrons. The second kappa shape index (κ2) is 9.75. The Morgan fingerprint density at radius 3 is 2.65 bits per heavy atom. The average Bonchev–Trinajstić information content (AvgIpc) is 3.09. The van der Waals surface area contributed by atoms with E-state index < -0.39 is 0 Å². The van der Waals surface area contributed by atoms with Crippen LogP contribution in [0.15, 0.2) is 65.1 Å². The summed E-state index contributed by atoms with van der Waals surface area (Å²) in [6.07, 6.45) is 3.41. The molecule has 0 aliphatic rings. The molecule has 4 rings (SSSR count). The number of hydrogen-bond acceptors (Lipinski definition) is 2. The molecule has 0 spiro atoms. The fourth-order valence-electron chi connectivity index (χ4n) is 3.88. The molecule has 0 amide bonds. The van der Waals surface area contributed by atoms with Gasteiger partial charge in [0.1, 0.15) is 11.5 Å². The summed E-state index contributed by atoms with van der Waals surface area (Å²) >= 11 is 3.51. The molecule has 3 aromatic carbocycles. The lowest BCUT2D eigenvalue weighted by Crippen LogP contribution is -1.98. The minimum Gasteiger partial charge on any atom is -0.377 e. The van der Waals surface area contributed by atoms with Gasteiger partial charge in [-0.1, -0.05) is 66.0 Å². The van der Waals surface area contributed by atoms with Crippen LogP contribution in [0.1, 0.15) is 31.7 Å². The number of hydrogen-bond donors (Lipinski definition) is 0. The van der Waals surface area contributed by atoms with Gasteiger partial charge in [0.15, 0.2) is 0 Å². The van der Waals surface area contributed by atoms with Crippen molar-refractivity contribution in [1.82, 2.24) is 9.78 Å². The van der Waals surface area contributed by atoms with Crippen molar-refractivity contribution in [2.24, 2.45) is 7.05 Å². The quantitative estimate of drug-likeness (QED) is 0.244. The average molecular weight is 481 g/mol. The van der Waals surface area contributed by atoms with E-state index in [1.807, 2.05) is 61.6 Å². The van der Waals surface area contributed by atoms with Gasteiger partial charge >= 0.3 is 0 Å². The fraction of sp³-hybridized carbons (Fsp3) is 0.269. The van der Waals surface area contributed by atoms with E-state index in [0.29, 0.717) is 17.9 Å². The van der Waals surface area contributed by atoms with Gasteiger partial charge < -0.3 is 4.74 Å². The molecule has 31 heavy (non-hydrogen) atoms. The van der Waals surface area contributed by atoms with E-state index in [2.05, 4.69) is 28.0 Å². The van der Waals surface area contributed by atoms with Gasteiger partial charge in [-0.05, 0) is 53.4 Å². The molecule has 1 aromatic heterocycles. The molecule has 0 saturated carbocycles. The Morgan fingerprint density at radius 1 is 1.00 bits per heavy atom. The summed E-state index contributed by atoms with van der Waals surface area (Å²) in [5, 5.41) is 5.50. The minimum absolute atomic E-state index is 0.281. The van der Waals surface area contributed by atoms with Crippen LogP contribution in [0.3, 0.4) is 0 Å². The zero-order valence-corrected chi connectivity index (χ0v) is 19.5. The van der Waals surface area contributed by atoms with Crippen LogP contribution in [-0.4, -0.2) is 16.4 Å². The molecule has 0 atom stereocenters. The number of aryl methyl sites for hydroxylation is 1. The summed E-state index contributed by atoms with van der Waals surface area (Å²) in [5.74, 6) is -0.281. The molecule has 0 unspecified atom stereocenters. The van der Waals surface area contributed by atoms with Crippen LogP contribution < -0.4 is 0 Å². The van der Waals surface area contributed by atoms with Crippen molar-refractivity contribution in [3.8, 4) is 22.4 Å². The van der Waals surface area contributed by atoms with Crippen molar-refractivity contribution in [2.75, 3.05) is 6.61 Å². The van der Waals surface area contributed by atoms with Gasteiger partial charge in [0.2, 0.25) is 0 Å². The van der Waals surface area contributed by atoms with Crippen molar-refractivity contribution >= 4 is 26.8 Å². The lowest BCUT2D eigenvalue weighted by molar-refractivity contribution is 0.117. The molecule has 160 valence electrons. The Bertz CT molecular complexity index is 1200. The molecule has 0 fully saturated rings. The van der Waals surface area contributed by atoms with Crippen molar-refractivity contribution < 1.29 is 9.13 Å². The summed E-state index contributed by atoms with van der Waals surface area (Å²) in [6, 6.07) is 19.4. The van der Waals surface area contributed by atoms with Crippen LogP contribution >= 0.6 is 15.9 Å². The number of benzene rings is 3. The lowest BCUT2D eigenvalue weighted by Gasteiger charge is -2.12. The highest BCUT2D eigenvalue weighted by atomic mass is 79.9. The molecule has 0 aliphatic heterocycles. The van der Waals surface area contributed by atoms with Gasteiger partial charge in [0, 0.05) is 29.1 Å². The summed E-state index contributed by atoms with van der Waals surface area (Å²) < 4.78 is 23.9. The standard InChI is InChI=1S/C26H26BrFN2O/c1-3-4-7-14-31-17-19-8-5-6-9-21(19)18-10-12-22(24(28)15-18)26-23-16-20(27)11-13-25(23)30(2)29-26/h5-6,8-13,15-16H,3-4,7,14,17H2,1-2H3. The molecular weight excluding hydrogens is 455 g/mol. The third-order valence-electron chi connectivity index (χ3n) is 5.51. The van der Waals surface area contributed by atoms with Crippen LogP contribution in [-0.2, 0) is 18.4 Å². The first kappa shape index (κ1) is 21.7. The van der Waals surface area contributed by atoms with Crippen LogP contribution in [0.4, 0.5) is 4.39 Å². The number of rotatable bonds is 8. The van der Waals surface area contributed by atoms with E-state index in [1.165, 1.54) is 12.8 Å². The van der Waals surface area contributed by atoms with Gasteiger partial charge in [-0.25, -0.2) is 4.39 Å². The van der Waals surface area contributed by atoms with Gasteiger partial charge in [0.25, 0.3) is 0 Å². The van der Waals surface area contributed by atoms with Crippen LogP contribution in [0.5, 0.6) is 0 Å². The Balaban J connectivity index is 1.64. The van der Waals surface area contributed by atoms with Gasteiger partial charge in [-0.3, -0.25) is 4.68 Å². The minimum atomic E-state index is -0.281. The molecule has 3 nitrogen and oxygen atoms in total. The van der Waals surface area contributed by atoms with E-state index in [4.69, 9.17) is 4.74 Å². The maximum atomic E-state index is 15.3. The summed E-state index contributed by atoms with van der Waals surface area (Å²) in [4.78, 5) is 0. The molecule has 0 N–H and O–H groups in total. The zero-order valence-electron chi connectivity index (χ0n) is 17.9. The molecule has 0 saturated heterocycles. The first-order chi connectivity index (χ1) is 15.1. The Kier molecular flexibility index (Phi) is 6.83. The first-order valence-corrected chi connectivity index (χ1v) is 11.5. The second-order valence-electron chi connectivity index (χ2n) is 7.75. The normalized spacial score (nSPS) is 11.4. The second-order valence-corrected chi connectivity index (χ2v) is 8.66. The maximum absolute atomic E-state index is 15.3. The number of ether oxygens (including phenoxy) is 1. The zero-order chi connectivity index (χ0) is 21.8. The Hall–Kier alpha value is -2.50. The number of nitrogens with zero attached hydrogens (tertiary/aromatic N) is 2. The van der Waals surface area contributed by atoms with E-state index >= 15 is 4.39 Å². The molecular formula is C26H26BrFN2O. The topological polar surface area (TPSA) is 27.1 Å². The molecule has 4 aromatic rings. The highest BCUT2D eigenvalue weighted by Crippen LogP contribution is 2.34. The van der Waals surface area contributed by atoms with Crippen molar-refractivity contribution in [1.29, 1.82) is 0 Å². The maximum Gasteiger partial charge on any atom is 0.133 e. The number of aromatic nitrogens is 2. The fourth-order valence-corrected chi connectivity index (χ4v) is 4.24. The third-order valence-corrected chi connectivity index (χ3v) is 6.01. The summed E-state index contributed by atoms with van der Waals surface area (Å²) in [6.45, 7) is 3.46. The Labute approximate surface area is 191 Å². The lowest BCUT2D eigenvalue weighted by atomic mass is 9.97. The van der Waals surface area contributed by atoms with Crippen molar-refractivity contribution in [3.63, 3.8) is 0 Å². The van der Waals surface area contributed by atoms with Gasteiger partial charge in [-0.15, -0.1) is 0 Å². The van der Waals surface area contributed by atoms with Crippen LogP contribution in [0.25, 0.3) is 33.3 Å². The number of fused-ring (bicyclic) bond motifs is 1. The van der Waals surface area contributed by atoms with E-state index in [-0.39, 0.29) is 5.82 Å². The van der Waals surface area contributed by atoms with Gasteiger partial charge in [-0.2, -0.15) is 5.10 Å². The Morgan fingerprint density at radius 2 is 1.84 bits per heavy atom. The van der Waals surface area contributed by atoms with Crippen LogP contribution in [0, 0.1) is 5.82 Å². The summed E-state index contributed by atoms with van der Waals surface area (Å²) in [7, 11) is 1.88. The van der Waals surface area contributed by atoms with Crippen LogP contribution in [0.2, 0.25) is 0 Å². The molecule has 5 heteroatoms. The molecule has 0 bridgehead atoms. The number of unbranched alkanes of at least 4 members (excludes halogenated alkanes) is 2. The SMILES string of the molecule is CCCCCOCc1ccccc1-c1ccc(-c2nn(C)c3ccc(Br)cc23)c(F)c1. The number of halogens is 2. The first-order valence-electron chi connectivity index (χ1n) is 10.7. The third kappa shape index (κ3) is 4.73. The van der Waals surface area contributed by atoms with E-state index in [9.17, 15) is 0 Å². The molecule has 0 aliphatic carbocycles. The highest BCUT2D eigenvalue weighted by Gasteiger charge is 2.16.